The number of rotatable bonds is 4. The maximum absolute atomic E-state index is 5.59. The number of pyridine rings is 1. The second kappa shape index (κ2) is 8.46. The fourth-order valence-corrected chi connectivity index (χ4v) is 5.28. The second-order valence-corrected chi connectivity index (χ2v) is 9.12. The van der Waals surface area contributed by atoms with Gasteiger partial charge in [0, 0.05) is 47.2 Å². The van der Waals surface area contributed by atoms with Crippen LogP contribution in [0, 0.1) is 0 Å². The SMILES string of the molecule is CC1=COCN1c1cccc(-c2nc(N3CCOCC3)c3sc(-c4cccnc4)cc3n2)c1. The van der Waals surface area contributed by atoms with Gasteiger partial charge in [-0.1, -0.05) is 18.2 Å². The van der Waals surface area contributed by atoms with Gasteiger partial charge < -0.3 is 19.3 Å². The monoisotopic (exact) mass is 457 g/mol. The van der Waals surface area contributed by atoms with Crippen LogP contribution < -0.4 is 9.80 Å². The van der Waals surface area contributed by atoms with Crippen molar-refractivity contribution in [3.05, 3.63) is 66.8 Å². The molecule has 0 spiro atoms. The number of aromatic nitrogens is 3. The molecule has 1 fully saturated rings. The van der Waals surface area contributed by atoms with E-state index in [2.05, 4.69) is 45.1 Å². The van der Waals surface area contributed by atoms with Crippen LogP contribution in [0.3, 0.4) is 0 Å². The van der Waals surface area contributed by atoms with E-state index < -0.39 is 0 Å². The number of thiophene rings is 1. The lowest BCUT2D eigenvalue weighted by Gasteiger charge is -2.28. The molecule has 33 heavy (non-hydrogen) atoms. The molecule has 2 aliphatic rings. The van der Waals surface area contributed by atoms with Crippen molar-refractivity contribution in [3.63, 3.8) is 0 Å². The van der Waals surface area contributed by atoms with Gasteiger partial charge in [-0.2, -0.15) is 0 Å². The average molecular weight is 458 g/mol. The highest BCUT2D eigenvalue weighted by Gasteiger charge is 2.21. The summed E-state index contributed by atoms with van der Waals surface area (Å²) in [5.41, 5.74) is 5.18. The molecule has 0 atom stereocenters. The third-order valence-electron chi connectivity index (χ3n) is 5.91. The number of hydrogen-bond donors (Lipinski definition) is 0. The van der Waals surface area contributed by atoms with E-state index in [0.29, 0.717) is 19.9 Å². The molecule has 166 valence electrons. The lowest BCUT2D eigenvalue weighted by Crippen LogP contribution is -2.36. The van der Waals surface area contributed by atoms with Gasteiger partial charge in [0.15, 0.2) is 18.4 Å². The number of benzene rings is 1. The molecule has 4 aromatic rings. The van der Waals surface area contributed by atoms with Crippen LogP contribution in [0.5, 0.6) is 0 Å². The Hall–Kier alpha value is -3.49. The largest absolute Gasteiger partial charge is 0.479 e. The zero-order chi connectivity index (χ0) is 22.2. The lowest BCUT2D eigenvalue weighted by molar-refractivity contribution is 0.122. The van der Waals surface area contributed by atoms with Crippen LogP contribution in [0.1, 0.15) is 6.92 Å². The Morgan fingerprint density at radius 3 is 2.67 bits per heavy atom. The molecule has 0 bridgehead atoms. The van der Waals surface area contributed by atoms with Crippen LogP contribution in [0.25, 0.3) is 32.0 Å². The second-order valence-electron chi connectivity index (χ2n) is 8.07. The molecule has 0 amide bonds. The molecule has 8 heteroatoms. The minimum atomic E-state index is 0.521. The van der Waals surface area contributed by atoms with Gasteiger partial charge in [-0.3, -0.25) is 4.98 Å². The quantitative estimate of drug-likeness (QED) is 0.431. The minimum absolute atomic E-state index is 0.521. The van der Waals surface area contributed by atoms with Crippen molar-refractivity contribution in [2.45, 2.75) is 6.92 Å². The predicted octanol–water partition coefficient (Wildman–Crippen LogP) is 4.91. The van der Waals surface area contributed by atoms with E-state index in [9.17, 15) is 0 Å². The van der Waals surface area contributed by atoms with Crippen LogP contribution in [0.2, 0.25) is 0 Å². The molecule has 6 rings (SSSR count). The highest BCUT2D eigenvalue weighted by Crippen LogP contribution is 2.39. The Labute approximate surface area is 195 Å². The number of nitrogens with zero attached hydrogens (tertiary/aromatic N) is 5. The van der Waals surface area contributed by atoms with Crippen molar-refractivity contribution in [1.82, 2.24) is 15.0 Å². The fourth-order valence-electron chi connectivity index (χ4n) is 4.17. The third-order valence-corrected chi connectivity index (χ3v) is 7.08. The maximum Gasteiger partial charge on any atom is 0.164 e. The van der Waals surface area contributed by atoms with Crippen molar-refractivity contribution in [1.29, 1.82) is 0 Å². The van der Waals surface area contributed by atoms with Crippen LogP contribution in [0.4, 0.5) is 11.5 Å². The van der Waals surface area contributed by atoms with Crippen molar-refractivity contribution in [3.8, 4) is 21.8 Å². The molecule has 0 unspecified atom stereocenters. The molecule has 0 N–H and O–H groups in total. The summed E-state index contributed by atoms with van der Waals surface area (Å²) in [5.74, 6) is 1.70. The van der Waals surface area contributed by atoms with E-state index in [0.717, 1.165) is 62.3 Å². The number of ether oxygens (including phenoxy) is 2. The molecule has 2 aliphatic heterocycles. The first kappa shape index (κ1) is 20.1. The van der Waals surface area contributed by atoms with Crippen LogP contribution >= 0.6 is 11.3 Å². The van der Waals surface area contributed by atoms with E-state index in [1.807, 2.05) is 25.3 Å². The van der Waals surface area contributed by atoms with Crippen molar-refractivity contribution in [2.75, 3.05) is 42.8 Å². The highest BCUT2D eigenvalue weighted by molar-refractivity contribution is 7.22. The summed E-state index contributed by atoms with van der Waals surface area (Å²) in [6, 6.07) is 14.5. The van der Waals surface area contributed by atoms with E-state index in [-0.39, 0.29) is 0 Å². The highest BCUT2D eigenvalue weighted by atomic mass is 32.1. The molecular weight excluding hydrogens is 434 g/mol. The molecule has 1 aromatic carbocycles. The Kier molecular flexibility index (Phi) is 5.16. The van der Waals surface area contributed by atoms with Gasteiger partial charge in [0.05, 0.1) is 29.1 Å². The summed E-state index contributed by atoms with van der Waals surface area (Å²) in [7, 11) is 0. The van der Waals surface area contributed by atoms with Crippen molar-refractivity contribution >= 4 is 33.1 Å². The van der Waals surface area contributed by atoms with Gasteiger partial charge >= 0.3 is 0 Å². The zero-order valence-electron chi connectivity index (χ0n) is 18.3. The van der Waals surface area contributed by atoms with E-state index in [1.165, 1.54) is 0 Å². The van der Waals surface area contributed by atoms with Crippen LogP contribution in [-0.2, 0) is 9.47 Å². The molecule has 1 saturated heterocycles. The summed E-state index contributed by atoms with van der Waals surface area (Å²) in [5, 5.41) is 0. The maximum atomic E-state index is 5.59. The Morgan fingerprint density at radius 1 is 1.00 bits per heavy atom. The molecule has 7 nitrogen and oxygen atoms in total. The summed E-state index contributed by atoms with van der Waals surface area (Å²) < 4.78 is 12.2. The van der Waals surface area contributed by atoms with Crippen molar-refractivity contribution < 1.29 is 9.47 Å². The number of fused-ring (bicyclic) bond motifs is 1. The van der Waals surface area contributed by atoms with Gasteiger partial charge in [-0.25, -0.2) is 9.97 Å². The van der Waals surface area contributed by atoms with Crippen molar-refractivity contribution in [2.24, 2.45) is 0 Å². The summed E-state index contributed by atoms with van der Waals surface area (Å²) in [4.78, 5) is 19.9. The molecule has 0 saturated carbocycles. The Balaban J connectivity index is 1.48. The number of morpholine rings is 1. The van der Waals surface area contributed by atoms with Gasteiger partial charge in [-0.15, -0.1) is 11.3 Å². The summed E-state index contributed by atoms with van der Waals surface area (Å²) in [6.45, 7) is 5.62. The van der Waals surface area contributed by atoms with Gasteiger partial charge in [0.1, 0.15) is 6.26 Å². The summed E-state index contributed by atoms with van der Waals surface area (Å²) >= 11 is 1.72. The third kappa shape index (κ3) is 3.81. The molecule has 0 aliphatic carbocycles. The standard InChI is InChI=1S/C25H23N5O2S/c1-17-15-32-16-30(17)20-6-2-4-18(12-20)24-27-21-13-22(19-5-3-7-26-14-19)33-23(21)25(28-24)29-8-10-31-11-9-29/h2-7,12-15H,8-11,16H2,1H3. The number of allylic oxidation sites excluding steroid dienone is 1. The summed E-state index contributed by atoms with van der Waals surface area (Å²) in [6.07, 6.45) is 5.48. The first-order chi connectivity index (χ1) is 16.3. The zero-order valence-corrected chi connectivity index (χ0v) is 19.1. The fraction of sp³-hybridized carbons (Fsp3) is 0.240. The topological polar surface area (TPSA) is 63.6 Å². The number of anilines is 2. The van der Waals surface area contributed by atoms with Gasteiger partial charge in [0.25, 0.3) is 0 Å². The van der Waals surface area contributed by atoms with Gasteiger partial charge in [-0.05, 0) is 31.2 Å². The van der Waals surface area contributed by atoms with Crippen LogP contribution in [-0.4, -0.2) is 48.0 Å². The first-order valence-electron chi connectivity index (χ1n) is 11.0. The van der Waals surface area contributed by atoms with E-state index in [4.69, 9.17) is 19.4 Å². The van der Waals surface area contributed by atoms with Crippen LogP contribution in [0.15, 0.2) is 66.8 Å². The normalized spacial score (nSPS) is 16.2. The number of hydrogen-bond acceptors (Lipinski definition) is 8. The van der Waals surface area contributed by atoms with E-state index >= 15 is 0 Å². The Bertz CT molecular complexity index is 1330. The molecule has 3 aromatic heterocycles. The average Bonchev–Trinajstić information content (AvgIpc) is 3.51. The minimum Gasteiger partial charge on any atom is -0.479 e. The molecular formula is C25H23N5O2S. The Morgan fingerprint density at radius 2 is 1.88 bits per heavy atom. The molecule has 0 radical (unpaired) electrons. The molecule has 5 heterocycles. The predicted molar refractivity (Wildman–Crippen MR) is 131 cm³/mol. The lowest BCUT2D eigenvalue weighted by atomic mass is 10.1. The first-order valence-corrected chi connectivity index (χ1v) is 11.8. The smallest absolute Gasteiger partial charge is 0.164 e. The van der Waals surface area contributed by atoms with E-state index in [1.54, 1.807) is 23.8 Å². The van der Waals surface area contributed by atoms with Gasteiger partial charge in [0.2, 0.25) is 0 Å².